The summed E-state index contributed by atoms with van der Waals surface area (Å²) in [7, 11) is 0. The normalized spacial score (nSPS) is 12.1. The Bertz CT molecular complexity index is 2680. The van der Waals surface area contributed by atoms with Crippen molar-refractivity contribution in [1.82, 2.24) is 39.0 Å². The second-order valence-electron chi connectivity index (χ2n) is 10.5. The van der Waals surface area contributed by atoms with Gasteiger partial charge in [-0.3, -0.25) is 0 Å². The highest BCUT2D eigenvalue weighted by molar-refractivity contribution is 6.56. The number of nitrogens with one attached hydrogen (secondary N) is 1. The van der Waals surface area contributed by atoms with E-state index < -0.39 is 0 Å². The van der Waals surface area contributed by atoms with Gasteiger partial charge in [0.25, 0.3) is 0 Å². The minimum absolute atomic E-state index is 0.0751. The molecule has 4 aromatic carbocycles. The summed E-state index contributed by atoms with van der Waals surface area (Å²) in [6.45, 7) is 0. The SMILES string of the molecule is Clc1cccc2c1-c1nc-2nc2c3ccccc3c(nc3nc(nc4[nH]c(n1)c1c(Cl)c(Cl)c(Cl)c(Cl)c41)-c1ccccc1-3)n2Cl. The molecule has 0 spiro atoms. The van der Waals surface area contributed by atoms with Crippen molar-refractivity contribution in [3.63, 3.8) is 0 Å². The molecule has 8 bridgehead atoms. The first-order valence-corrected chi connectivity index (χ1v) is 15.9. The second kappa shape index (κ2) is 10.2. The summed E-state index contributed by atoms with van der Waals surface area (Å²) in [4.78, 5) is 32.7. The van der Waals surface area contributed by atoms with E-state index in [1.807, 2.05) is 60.7 Å². The van der Waals surface area contributed by atoms with Gasteiger partial charge in [-0.15, -0.1) is 0 Å². The Hall–Kier alpha value is -4.02. The predicted octanol–water partition coefficient (Wildman–Crippen LogP) is 10.6. The van der Waals surface area contributed by atoms with E-state index in [2.05, 4.69) is 4.98 Å². The summed E-state index contributed by atoms with van der Waals surface area (Å²) < 4.78 is 1.41. The van der Waals surface area contributed by atoms with Crippen LogP contribution in [0, 0.1) is 0 Å². The lowest BCUT2D eigenvalue weighted by Gasteiger charge is -2.04. The molecule has 2 aliphatic heterocycles. The smallest absolute Gasteiger partial charge is 0.166 e. The molecule has 8 nitrogen and oxygen atoms in total. The van der Waals surface area contributed by atoms with Crippen molar-refractivity contribution in [1.29, 1.82) is 0 Å². The number of H-pyrrole nitrogens is 1. The predicted molar refractivity (Wildman–Crippen MR) is 186 cm³/mol. The van der Waals surface area contributed by atoms with Crippen LogP contribution < -0.4 is 0 Å². The number of halogens is 6. The Morgan fingerprint density at radius 3 is 1.57 bits per heavy atom. The quantitative estimate of drug-likeness (QED) is 0.124. The zero-order valence-electron chi connectivity index (χ0n) is 22.7. The van der Waals surface area contributed by atoms with Crippen LogP contribution in [0.3, 0.4) is 0 Å². The molecule has 0 atom stereocenters. The number of aromatic amines is 1. The summed E-state index contributed by atoms with van der Waals surface area (Å²) in [6, 6.07) is 20.7. The van der Waals surface area contributed by atoms with Crippen LogP contribution in [0.25, 0.3) is 89.7 Å². The molecule has 7 aromatic rings. The van der Waals surface area contributed by atoms with E-state index in [1.165, 1.54) is 4.09 Å². The summed E-state index contributed by atoms with van der Waals surface area (Å²) in [5, 5.41) is 3.22. The molecule has 0 saturated heterocycles. The maximum absolute atomic E-state index is 7.02. The summed E-state index contributed by atoms with van der Waals surface area (Å²) in [5.41, 5.74) is 4.21. The zero-order valence-corrected chi connectivity index (χ0v) is 27.3. The third-order valence-electron chi connectivity index (χ3n) is 7.93. The number of aromatic nitrogens is 8. The van der Waals surface area contributed by atoms with Gasteiger partial charge >= 0.3 is 0 Å². The van der Waals surface area contributed by atoms with Gasteiger partial charge in [-0.2, -0.15) is 0 Å². The minimum Gasteiger partial charge on any atom is -0.324 e. The van der Waals surface area contributed by atoms with Crippen LogP contribution in [0.2, 0.25) is 25.1 Å². The van der Waals surface area contributed by atoms with Crippen LogP contribution in [-0.4, -0.2) is 39.0 Å². The first-order valence-electron chi connectivity index (χ1n) is 13.6. The van der Waals surface area contributed by atoms with Crippen molar-refractivity contribution in [3.8, 4) is 45.6 Å². The van der Waals surface area contributed by atoms with Gasteiger partial charge in [0, 0.05) is 44.8 Å². The summed E-state index contributed by atoms with van der Waals surface area (Å²) in [5.74, 6) is 1.42. The van der Waals surface area contributed by atoms with Gasteiger partial charge in [-0.1, -0.05) is 119 Å². The van der Waals surface area contributed by atoms with Crippen molar-refractivity contribution in [3.05, 3.63) is 91.8 Å². The second-order valence-corrected chi connectivity index (χ2v) is 12.7. The minimum atomic E-state index is 0.0751. The maximum atomic E-state index is 7.02. The maximum Gasteiger partial charge on any atom is 0.166 e. The lowest BCUT2D eigenvalue weighted by molar-refractivity contribution is 1.17. The highest BCUT2D eigenvalue weighted by Crippen LogP contribution is 2.47. The third kappa shape index (κ3) is 3.95. The molecule has 0 unspecified atom stereocenters. The number of rotatable bonds is 0. The van der Waals surface area contributed by atoms with Crippen LogP contribution in [-0.2, 0) is 0 Å². The highest BCUT2D eigenvalue weighted by Gasteiger charge is 2.26. The molecule has 3 aromatic heterocycles. The molecule has 14 heteroatoms. The Morgan fingerprint density at radius 2 is 0.957 bits per heavy atom. The average molecular weight is 721 g/mol. The van der Waals surface area contributed by atoms with Gasteiger partial charge in [0.15, 0.2) is 34.6 Å². The molecule has 46 heavy (non-hydrogen) atoms. The van der Waals surface area contributed by atoms with Gasteiger partial charge in [0.1, 0.15) is 11.3 Å². The number of hydrogen-bond donors (Lipinski definition) is 1. The van der Waals surface area contributed by atoms with E-state index >= 15 is 0 Å². The van der Waals surface area contributed by atoms with Crippen LogP contribution in [0.5, 0.6) is 0 Å². The highest BCUT2D eigenvalue weighted by atomic mass is 35.5. The molecule has 1 N–H and O–H groups in total. The number of benzene rings is 4. The fourth-order valence-electron chi connectivity index (χ4n) is 5.87. The number of nitrogens with zero attached hydrogens (tertiary/aromatic N) is 7. The number of hydrogen-bond acceptors (Lipinski definition) is 6. The molecule has 5 heterocycles. The van der Waals surface area contributed by atoms with E-state index in [-0.39, 0.29) is 31.6 Å². The van der Waals surface area contributed by atoms with Crippen molar-refractivity contribution >= 4 is 114 Å². The van der Waals surface area contributed by atoms with Gasteiger partial charge in [-0.25, -0.2) is 34.0 Å². The van der Waals surface area contributed by atoms with E-state index in [0.29, 0.717) is 61.3 Å². The third-order valence-corrected chi connectivity index (χ3v) is 10.4. The van der Waals surface area contributed by atoms with Crippen molar-refractivity contribution in [2.45, 2.75) is 0 Å². The van der Waals surface area contributed by atoms with Gasteiger partial charge in [-0.05, 0) is 6.07 Å². The van der Waals surface area contributed by atoms with E-state index in [9.17, 15) is 0 Å². The lowest BCUT2D eigenvalue weighted by atomic mass is 10.1. The Kier molecular flexibility index (Phi) is 6.28. The standard InChI is InChI=1S/C32H12Cl6N8/c33-17-11-5-10-16-18(17)28-41-27(16)45-32-15-9-4-3-8-14(15)31(46(32)38)44-26-13-7-2-1-6-12(13)25(39-26)40-29-19-20(30(42-28)43-29)22(35)24(37)23(36)21(19)34/h1-11H,(H,39,40,41,42,43,44,45). The molecule has 0 saturated carbocycles. The van der Waals surface area contributed by atoms with Crippen LogP contribution in [0.15, 0.2) is 66.7 Å². The molecule has 0 amide bonds. The van der Waals surface area contributed by atoms with Crippen molar-refractivity contribution in [2.24, 2.45) is 0 Å². The van der Waals surface area contributed by atoms with Crippen molar-refractivity contribution in [2.75, 3.05) is 0 Å². The molecule has 0 radical (unpaired) electrons. The average Bonchev–Trinajstić information content (AvgIpc) is 3.78. The van der Waals surface area contributed by atoms with Crippen LogP contribution in [0.4, 0.5) is 0 Å². The number of fused-ring (bicyclic) bond motifs is 20. The first kappa shape index (κ1) is 28.2. The van der Waals surface area contributed by atoms with E-state index in [4.69, 9.17) is 99.7 Å². The molecule has 9 rings (SSSR count). The van der Waals surface area contributed by atoms with Gasteiger partial charge < -0.3 is 4.98 Å². The van der Waals surface area contributed by atoms with Gasteiger partial charge in [0.05, 0.1) is 35.9 Å². The fraction of sp³-hybridized carbons (Fsp3) is 0. The van der Waals surface area contributed by atoms with E-state index in [0.717, 1.165) is 21.9 Å². The fourth-order valence-corrected chi connectivity index (χ4v) is 7.42. The summed E-state index contributed by atoms with van der Waals surface area (Å²) in [6.07, 6.45) is 0. The Balaban J connectivity index is 1.57. The topological polar surface area (TPSA) is 98.1 Å². The molecule has 0 aliphatic carbocycles. The molecule has 0 fully saturated rings. The van der Waals surface area contributed by atoms with Crippen LogP contribution in [0.1, 0.15) is 0 Å². The zero-order chi connectivity index (χ0) is 31.4. The molecular formula is C32H12Cl6N8. The first-order chi connectivity index (χ1) is 22.3. The molecule has 222 valence electrons. The lowest BCUT2D eigenvalue weighted by Crippen LogP contribution is -1.88. The van der Waals surface area contributed by atoms with E-state index in [1.54, 1.807) is 6.07 Å². The Morgan fingerprint density at radius 1 is 0.478 bits per heavy atom. The van der Waals surface area contributed by atoms with Gasteiger partial charge in [0.2, 0.25) is 0 Å². The molecular weight excluding hydrogens is 709 g/mol. The van der Waals surface area contributed by atoms with Crippen molar-refractivity contribution < 1.29 is 0 Å². The van der Waals surface area contributed by atoms with Crippen LogP contribution >= 0.6 is 69.8 Å². The Labute approximate surface area is 288 Å². The largest absolute Gasteiger partial charge is 0.324 e. The monoisotopic (exact) mass is 718 g/mol. The molecule has 2 aliphatic rings. The summed E-state index contributed by atoms with van der Waals surface area (Å²) >= 11 is 40.5.